The topological polar surface area (TPSA) is 46.3 Å². The van der Waals surface area contributed by atoms with Crippen LogP contribution in [0.4, 0.5) is 0 Å². The minimum absolute atomic E-state index is 0.429. The van der Waals surface area contributed by atoms with Gasteiger partial charge in [0.25, 0.3) is 0 Å². The van der Waals surface area contributed by atoms with E-state index in [1.54, 1.807) is 0 Å². The molecule has 0 amide bonds. The zero-order valence-corrected chi connectivity index (χ0v) is 17.4. The molecule has 1 aliphatic heterocycles. The summed E-state index contributed by atoms with van der Waals surface area (Å²) in [4.78, 5) is 7.16. The quantitative estimate of drug-likeness (QED) is 0.605. The summed E-state index contributed by atoms with van der Waals surface area (Å²) < 4.78 is 2.11. The van der Waals surface area contributed by atoms with Gasteiger partial charge in [0.1, 0.15) is 6.54 Å². The Labute approximate surface area is 174 Å². The predicted molar refractivity (Wildman–Crippen MR) is 114 cm³/mol. The van der Waals surface area contributed by atoms with E-state index >= 15 is 0 Å². The van der Waals surface area contributed by atoms with Crippen molar-refractivity contribution in [3.63, 3.8) is 0 Å². The first kappa shape index (κ1) is 19.1. The third-order valence-electron chi connectivity index (χ3n) is 5.02. The van der Waals surface area contributed by atoms with E-state index in [1.165, 1.54) is 0 Å². The Morgan fingerprint density at radius 3 is 2.54 bits per heavy atom. The van der Waals surface area contributed by atoms with Gasteiger partial charge < -0.3 is 0 Å². The molecular weight excluding hydrogens is 393 g/mol. The highest BCUT2D eigenvalue weighted by atomic mass is 35.5. The third kappa shape index (κ3) is 3.46. The maximum atomic E-state index is 6.48. The van der Waals surface area contributed by atoms with Gasteiger partial charge in [-0.3, -0.25) is 14.5 Å². The Morgan fingerprint density at radius 2 is 1.79 bits per heavy atom. The van der Waals surface area contributed by atoms with Gasteiger partial charge in [-0.25, -0.2) is 0 Å². The van der Waals surface area contributed by atoms with Crippen molar-refractivity contribution in [3.8, 4) is 5.69 Å². The predicted octanol–water partition coefficient (Wildman–Crippen LogP) is 4.77. The van der Waals surface area contributed by atoms with E-state index in [-0.39, 0.29) is 0 Å². The molecule has 5 nitrogen and oxygen atoms in total. The van der Waals surface area contributed by atoms with Gasteiger partial charge >= 0.3 is 0 Å². The molecule has 1 aromatic heterocycles. The van der Waals surface area contributed by atoms with Crippen LogP contribution in [0.15, 0.2) is 47.5 Å². The van der Waals surface area contributed by atoms with Crippen LogP contribution >= 0.6 is 23.2 Å². The summed E-state index contributed by atoms with van der Waals surface area (Å²) >= 11 is 12.8. The first-order chi connectivity index (χ1) is 13.6. The number of rotatable bonds is 5. The van der Waals surface area contributed by atoms with Crippen LogP contribution in [0.2, 0.25) is 10.0 Å². The smallest absolute Gasteiger partial charge is 0.159 e. The Morgan fingerprint density at radius 1 is 1.00 bits per heavy atom. The summed E-state index contributed by atoms with van der Waals surface area (Å²) in [6.45, 7) is 7.35. The fraction of sp³-hybridized carbons (Fsp3) is 0.286. The lowest BCUT2D eigenvalue weighted by molar-refractivity contribution is 0.286. The summed E-state index contributed by atoms with van der Waals surface area (Å²) in [5, 5.41) is 10.2. The van der Waals surface area contributed by atoms with E-state index in [0.717, 1.165) is 53.8 Å². The van der Waals surface area contributed by atoms with Gasteiger partial charge in [0.2, 0.25) is 0 Å². The first-order valence-electron chi connectivity index (χ1n) is 9.37. The van der Waals surface area contributed by atoms with Crippen LogP contribution in [0.1, 0.15) is 36.6 Å². The second-order valence-electron chi connectivity index (χ2n) is 6.64. The molecule has 2 heterocycles. The molecule has 28 heavy (non-hydrogen) atoms. The second kappa shape index (κ2) is 8.03. The van der Waals surface area contributed by atoms with Gasteiger partial charge in [-0.05, 0) is 37.4 Å². The molecule has 0 saturated heterocycles. The Balaban J connectivity index is 1.89. The fourth-order valence-corrected chi connectivity index (χ4v) is 3.89. The average Bonchev–Trinajstić information content (AvgIpc) is 3.02. The fourth-order valence-electron chi connectivity index (χ4n) is 3.50. The lowest BCUT2D eigenvalue weighted by atomic mass is 10.0. The number of nitrogens with zero attached hydrogens (tertiary/aromatic N) is 5. The Hall–Kier alpha value is -2.21. The number of aliphatic imine (C=N–C) groups is 1. The highest BCUT2D eigenvalue weighted by Crippen LogP contribution is 2.30. The molecule has 0 spiro atoms. The van der Waals surface area contributed by atoms with E-state index in [0.29, 0.717) is 16.6 Å². The molecule has 0 fully saturated rings. The maximum absolute atomic E-state index is 6.48. The minimum Gasteiger partial charge on any atom is -0.296 e. The second-order valence-corrected chi connectivity index (χ2v) is 7.48. The summed E-state index contributed by atoms with van der Waals surface area (Å²) in [5.41, 5.74) is 3.61. The van der Waals surface area contributed by atoms with Crippen molar-refractivity contribution in [2.75, 3.05) is 13.1 Å². The first-order valence-corrected chi connectivity index (χ1v) is 10.1. The van der Waals surface area contributed by atoms with E-state index in [9.17, 15) is 0 Å². The van der Waals surface area contributed by atoms with Gasteiger partial charge in [-0.15, -0.1) is 10.2 Å². The minimum atomic E-state index is 0.429. The van der Waals surface area contributed by atoms with Crippen molar-refractivity contribution >= 4 is 28.9 Å². The van der Waals surface area contributed by atoms with Gasteiger partial charge in [0.05, 0.1) is 17.9 Å². The van der Waals surface area contributed by atoms with Crippen LogP contribution in [0.5, 0.6) is 0 Å². The SMILES string of the molecule is CCN(CC)Cc1nnc2n1-c1ccc(Cl)cc1C(c1ccccc1Cl)=NC2. The van der Waals surface area contributed by atoms with Crippen molar-refractivity contribution in [1.82, 2.24) is 19.7 Å². The number of fused-ring (bicyclic) bond motifs is 3. The highest BCUT2D eigenvalue weighted by Gasteiger charge is 2.24. The molecule has 0 radical (unpaired) electrons. The molecule has 3 aromatic rings. The molecule has 4 rings (SSSR count). The summed E-state index contributed by atoms with van der Waals surface area (Å²) in [6, 6.07) is 13.6. The van der Waals surface area contributed by atoms with Crippen molar-refractivity contribution in [2.24, 2.45) is 4.99 Å². The molecule has 1 aliphatic rings. The third-order valence-corrected chi connectivity index (χ3v) is 5.58. The largest absolute Gasteiger partial charge is 0.296 e. The van der Waals surface area contributed by atoms with Crippen molar-refractivity contribution in [3.05, 3.63) is 75.3 Å². The number of halogens is 2. The average molecular weight is 414 g/mol. The standard InChI is InChI=1S/C21H21Cl2N5/c1-3-27(4-2)13-20-26-25-19-12-24-21(15-7-5-6-8-17(15)23)16-11-14(22)9-10-18(16)28(19)20/h5-11H,3-4,12-13H2,1-2H3. The van der Waals surface area contributed by atoms with Crippen molar-refractivity contribution in [1.29, 1.82) is 0 Å². The Bertz CT molecular complexity index is 1040. The molecule has 0 saturated carbocycles. The van der Waals surface area contributed by atoms with Crippen molar-refractivity contribution in [2.45, 2.75) is 26.9 Å². The lowest BCUT2D eigenvalue weighted by Gasteiger charge is -2.19. The highest BCUT2D eigenvalue weighted by molar-refractivity contribution is 6.36. The molecule has 0 atom stereocenters. The molecule has 144 valence electrons. The van der Waals surface area contributed by atoms with Crippen LogP contribution in [0.3, 0.4) is 0 Å². The molecule has 0 bridgehead atoms. The van der Waals surface area contributed by atoms with Crippen molar-refractivity contribution < 1.29 is 0 Å². The molecule has 2 aromatic carbocycles. The zero-order valence-electron chi connectivity index (χ0n) is 15.9. The van der Waals surface area contributed by atoms with Gasteiger partial charge in [-0.2, -0.15) is 0 Å². The molecule has 7 heteroatoms. The van der Waals surface area contributed by atoms with Crippen LogP contribution in [0.25, 0.3) is 5.69 Å². The van der Waals surface area contributed by atoms with E-state index in [1.807, 2.05) is 42.5 Å². The Kier molecular flexibility index (Phi) is 5.49. The van der Waals surface area contributed by atoms with Crippen LogP contribution < -0.4 is 0 Å². The zero-order chi connectivity index (χ0) is 19.7. The monoisotopic (exact) mass is 413 g/mol. The van der Waals surface area contributed by atoms with Crippen LogP contribution in [-0.4, -0.2) is 38.5 Å². The van der Waals surface area contributed by atoms with Crippen LogP contribution in [0, 0.1) is 0 Å². The van der Waals surface area contributed by atoms with Gasteiger partial charge in [0.15, 0.2) is 11.6 Å². The molecule has 0 N–H and O–H groups in total. The van der Waals surface area contributed by atoms with E-state index in [4.69, 9.17) is 28.2 Å². The lowest BCUT2D eigenvalue weighted by Crippen LogP contribution is -2.24. The number of hydrogen-bond donors (Lipinski definition) is 0. The van der Waals surface area contributed by atoms with E-state index in [2.05, 4.69) is 33.5 Å². The summed E-state index contributed by atoms with van der Waals surface area (Å²) in [6.07, 6.45) is 0. The van der Waals surface area contributed by atoms with Gasteiger partial charge in [0, 0.05) is 21.2 Å². The number of aromatic nitrogens is 3. The molecule has 0 unspecified atom stereocenters. The molecular formula is C21H21Cl2N5. The number of hydrogen-bond acceptors (Lipinski definition) is 4. The van der Waals surface area contributed by atoms with E-state index < -0.39 is 0 Å². The van der Waals surface area contributed by atoms with Gasteiger partial charge in [-0.1, -0.05) is 55.2 Å². The van der Waals surface area contributed by atoms with Crippen LogP contribution in [-0.2, 0) is 13.1 Å². The normalized spacial score (nSPS) is 13.1. The molecule has 0 aliphatic carbocycles. The maximum Gasteiger partial charge on any atom is 0.159 e. The summed E-state index contributed by atoms with van der Waals surface area (Å²) in [7, 11) is 0. The summed E-state index contributed by atoms with van der Waals surface area (Å²) in [5.74, 6) is 1.71. The number of benzene rings is 2.